The molecule has 0 bridgehead atoms. The number of piperazine rings is 1. The second-order valence-electron chi connectivity index (χ2n) is 6.56. The zero-order valence-corrected chi connectivity index (χ0v) is 14.4. The van der Waals surface area contributed by atoms with Gasteiger partial charge in [-0.3, -0.25) is 4.79 Å². The van der Waals surface area contributed by atoms with Crippen LogP contribution in [0.1, 0.15) is 26.3 Å². The molecule has 0 radical (unpaired) electrons. The highest BCUT2D eigenvalue weighted by atomic mass is 32.2. The Morgan fingerprint density at radius 3 is 2.33 bits per heavy atom. The summed E-state index contributed by atoms with van der Waals surface area (Å²) >= 11 is 1.73. The van der Waals surface area contributed by atoms with E-state index in [9.17, 15) is 4.79 Å². The van der Waals surface area contributed by atoms with Crippen LogP contribution in [0.25, 0.3) is 0 Å². The first-order valence-corrected chi connectivity index (χ1v) is 8.58. The highest BCUT2D eigenvalue weighted by molar-refractivity contribution is 8.01. The van der Waals surface area contributed by atoms with Crippen molar-refractivity contribution in [2.24, 2.45) is 0 Å². The fourth-order valence-electron chi connectivity index (χ4n) is 2.48. The zero-order valence-electron chi connectivity index (χ0n) is 13.6. The summed E-state index contributed by atoms with van der Waals surface area (Å²) in [4.78, 5) is 16.6. The summed E-state index contributed by atoms with van der Waals surface area (Å²) < 4.78 is 0.151. The summed E-state index contributed by atoms with van der Waals surface area (Å²) in [6.45, 7) is 12.1. The number of nitrogens with zero attached hydrogens (tertiary/aromatic N) is 2. The molecule has 0 spiro atoms. The molecule has 1 aliphatic rings. The topological polar surface area (TPSA) is 23.6 Å². The molecule has 1 saturated heterocycles. The number of benzene rings is 1. The van der Waals surface area contributed by atoms with Crippen LogP contribution in [-0.4, -0.2) is 47.5 Å². The quantitative estimate of drug-likeness (QED) is 0.857. The fourth-order valence-corrected chi connectivity index (χ4v) is 3.22. The molecule has 1 amide bonds. The Kier molecular flexibility index (Phi) is 5.20. The van der Waals surface area contributed by atoms with Gasteiger partial charge in [0.15, 0.2) is 0 Å². The van der Waals surface area contributed by atoms with Gasteiger partial charge >= 0.3 is 0 Å². The summed E-state index contributed by atoms with van der Waals surface area (Å²) in [7, 11) is 0. The average Bonchev–Trinajstić information content (AvgIpc) is 2.45. The maximum absolute atomic E-state index is 12.2. The van der Waals surface area contributed by atoms with E-state index in [1.54, 1.807) is 11.8 Å². The fraction of sp³-hybridized carbons (Fsp3) is 0.588. The van der Waals surface area contributed by atoms with Crippen molar-refractivity contribution in [3.05, 3.63) is 29.8 Å². The van der Waals surface area contributed by atoms with Crippen LogP contribution in [-0.2, 0) is 4.79 Å². The zero-order chi connectivity index (χ0) is 15.5. The Hall–Kier alpha value is -1.16. The van der Waals surface area contributed by atoms with Gasteiger partial charge in [0.2, 0.25) is 5.91 Å². The number of carbonyl (C=O) groups excluding carboxylic acids is 1. The van der Waals surface area contributed by atoms with Gasteiger partial charge in [0.1, 0.15) is 0 Å². The third-order valence-corrected chi connectivity index (χ3v) is 4.97. The van der Waals surface area contributed by atoms with Crippen LogP contribution in [0.3, 0.4) is 0 Å². The Bertz CT molecular complexity index is 488. The predicted octanol–water partition coefficient (Wildman–Crippen LogP) is 3.18. The number of rotatable bonds is 3. The smallest absolute Gasteiger partial charge is 0.232 e. The standard InChI is InChI=1S/C17H26N2OS/c1-14-7-5-6-8-15(14)18-9-11-19(12-10-18)16(20)13-21-17(2,3)4/h5-8H,9-13H2,1-4H3. The van der Waals surface area contributed by atoms with Crippen molar-refractivity contribution in [3.63, 3.8) is 0 Å². The molecule has 1 aromatic rings. The molecule has 21 heavy (non-hydrogen) atoms. The van der Waals surface area contributed by atoms with Crippen molar-refractivity contribution in [2.75, 3.05) is 36.8 Å². The highest BCUT2D eigenvalue weighted by Crippen LogP contribution is 2.24. The first-order chi connectivity index (χ1) is 9.87. The van der Waals surface area contributed by atoms with Crippen molar-refractivity contribution in [3.8, 4) is 0 Å². The lowest BCUT2D eigenvalue weighted by molar-refractivity contribution is -0.128. The summed E-state index contributed by atoms with van der Waals surface area (Å²) in [6.07, 6.45) is 0. The van der Waals surface area contributed by atoms with Gasteiger partial charge < -0.3 is 9.80 Å². The number of thioether (sulfide) groups is 1. The molecule has 0 unspecified atom stereocenters. The second-order valence-corrected chi connectivity index (χ2v) is 8.36. The molecular weight excluding hydrogens is 280 g/mol. The first-order valence-electron chi connectivity index (χ1n) is 7.59. The number of anilines is 1. The molecule has 0 N–H and O–H groups in total. The minimum Gasteiger partial charge on any atom is -0.368 e. The molecule has 1 heterocycles. The molecule has 1 aromatic carbocycles. The third kappa shape index (κ3) is 4.67. The normalized spacial score (nSPS) is 16.2. The lowest BCUT2D eigenvalue weighted by atomic mass is 10.1. The molecule has 1 aliphatic heterocycles. The van der Waals surface area contributed by atoms with E-state index >= 15 is 0 Å². The molecule has 1 fully saturated rings. The Morgan fingerprint density at radius 1 is 1.14 bits per heavy atom. The van der Waals surface area contributed by atoms with E-state index in [0.29, 0.717) is 5.75 Å². The average molecular weight is 306 g/mol. The minimum atomic E-state index is 0.151. The first kappa shape index (κ1) is 16.2. The van der Waals surface area contributed by atoms with Crippen LogP contribution in [0.5, 0.6) is 0 Å². The van der Waals surface area contributed by atoms with Gasteiger partial charge in [-0.1, -0.05) is 39.0 Å². The van der Waals surface area contributed by atoms with Crippen LogP contribution in [0, 0.1) is 6.92 Å². The van der Waals surface area contributed by atoms with Crippen LogP contribution in [0.2, 0.25) is 0 Å². The van der Waals surface area contributed by atoms with E-state index in [2.05, 4.69) is 56.9 Å². The number of carbonyl (C=O) groups is 1. The van der Waals surface area contributed by atoms with Crippen LogP contribution >= 0.6 is 11.8 Å². The molecule has 3 nitrogen and oxygen atoms in total. The van der Waals surface area contributed by atoms with Gasteiger partial charge in [0.05, 0.1) is 5.75 Å². The molecule has 116 valence electrons. The molecule has 0 aromatic heterocycles. The molecular formula is C17H26N2OS. The van der Waals surface area contributed by atoms with E-state index in [4.69, 9.17) is 0 Å². The van der Waals surface area contributed by atoms with E-state index in [1.165, 1.54) is 11.3 Å². The van der Waals surface area contributed by atoms with Crippen molar-refractivity contribution in [2.45, 2.75) is 32.4 Å². The number of hydrogen-bond donors (Lipinski definition) is 0. The van der Waals surface area contributed by atoms with Crippen molar-refractivity contribution < 1.29 is 4.79 Å². The van der Waals surface area contributed by atoms with E-state index < -0.39 is 0 Å². The molecule has 0 aliphatic carbocycles. The Morgan fingerprint density at radius 2 is 1.76 bits per heavy atom. The molecule has 2 rings (SSSR count). The van der Waals surface area contributed by atoms with E-state index in [1.807, 2.05) is 4.90 Å². The maximum Gasteiger partial charge on any atom is 0.232 e. The Labute approximate surface area is 132 Å². The summed E-state index contributed by atoms with van der Waals surface area (Å²) in [6, 6.07) is 8.47. The molecule has 4 heteroatoms. The van der Waals surface area contributed by atoms with Gasteiger partial charge in [-0.15, -0.1) is 11.8 Å². The number of hydrogen-bond acceptors (Lipinski definition) is 3. The lowest BCUT2D eigenvalue weighted by Crippen LogP contribution is -2.49. The maximum atomic E-state index is 12.2. The van der Waals surface area contributed by atoms with Gasteiger partial charge in [-0.05, 0) is 18.6 Å². The van der Waals surface area contributed by atoms with Crippen LogP contribution in [0.15, 0.2) is 24.3 Å². The third-order valence-electron chi connectivity index (χ3n) is 3.72. The van der Waals surface area contributed by atoms with Crippen molar-refractivity contribution >= 4 is 23.4 Å². The summed E-state index contributed by atoms with van der Waals surface area (Å²) in [5.74, 6) is 0.868. The minimum absolute atomic E-state index is 0.151. The summed E-state index contributed by atoms with van der Waals surface area (Å²) in [5.41, 5.74) is 2.61. The molecule has 0 atom stereocenters. The van der Waals surface area contributed by atoms with Crippen molar-refractivity contribution in [1.29, 1.82) is 0 Å². The number of amides is 1. The highest BCUT2D eigenvalue weighted by Gasteiger charge is 2.23. The second kappa shape index (κ2) is 6.73. The van der Waals surface area contributed by atoms with E-state index in [0.717, 1.165) is 26.2 Å². The van der Waals surface area contributed by atoms with Crippen LogP contribution in [0.4, 0.5) is 5.69 Å². The SMILES string of the molecule is Cc1ccccc1N1CCN(C(=O)CSC(C)(C)C)CC1. The largest absolute Gasteiger partial charge is 0.368 e. The van der Waals surface area contributed by atoms with Crippen LogP contribution < -0.4 is 4.90 Å². The number of para-hydroxylation sites is 1. The van der Waals surface area contributed by atoms with Gasteiger partial charge in [-0.2, -0.15) is 0 Å². The summed E-state index contributed by atoms with van der Waals surface area (Å²) in [5, 5.41) is 0. The van der Waals surface area contributed by atoms with Gasteiger partial charge in [-0.25, -0.2) is 0 Å². The monoisotopic (exact) mass is 306 g/mol. The number of aryl methyl sites for hydroxylation is 1. The Balaban J connectivity index is 1.86. The van der Waals surface area contributed by atoms with Gasteiger partial charge in [0, 0.05) is 36.6 Å². The lowest BCUT2D eigenvalue weighted by Gasteiger charge is -2.37. The van der Waals surface area contributed by atoms with Crippen molar-refractivity contribution in [1.82, 2.24) is 4.90 Å². The van der Waals surface area contributed by atoms with Gasteiger partial charge in [0.25, 0.3) is 0 Å². The predicted molar refractivity (Wildman–Crippen MR) is 92.2 cm³/mol. The van der Waals surface area contributed by atoms with E-state index in [-0.39, 0.29) is 10.7 Å². The molecule has 0 saturated carbocycles.